The number of likely N-dealkylation sites (tertiary alicyclic amines) is 1. The van der Waals surface area contributed by atoms with Gasteiger partial charge in [-0.2, -0.15) is 0 Å². The molecule has 6 rings (SSSR count). The van der Waals surface area contributed by atoms with Gasteiger partial charge in [0.05, 0.1) is 11.8 Å². The first kappa shape index (κ1) is 17.3. The van der Waals surface area contributed by atoms with E-state index in [9.17, 15) is 19.2 Å². The third kappa shape index (κ3) is 2.40. The summed E-state index contributed by atoms with van der Waals surface area (Å²) in [5, 5.41) is 0. The van der Waals surface area contributed by atoms with Gasteiger partial charge in [0.1, 0.15) is 6.04 Å². The molecule has 6 heteroatoms. The number of ether oxygens (including phenoxy) is 1. The van der Waals surface area contributed by atoms with Crippen LogP contribution in [0.15, 0.2) is 42.5 Å². The Hall–Kier alpha value is -2.76. The molecule has 1 saturated heterocycles. The van der Waals surface area contributed by atoms with Crippen LogP contribution in [0.1, 0.15) is 23.7 Å². The number of Topliss-reactive ketones (excluding diaryl/α,β-unsaturated/α-hetero) is 1. The zero-order valence-corrected chi connectivity index (χ0v) is 15.5. The Balaban J connectivity index is 1.27. The number of hydrogen-bond donors (Lipinski definition) is 0. The number of carbonyl (C=O) groups excluding carboxylic acids is 4. The molecule has 0 aromatic heterocycles. The van der Waals surface area contributed by atoms with Crippen molar-refractivity contribution in [2.24, 2.45) is 35.5 Å². The lowest BCUT2D eigenvalue weighted by molar-refractivity contribution is -0.157. The molecule has 0 unspecified atom stereocenters. The monoisotopic (exact) mass is 379 g/mol. The van der Waals surface area contributed by atoms with Crippen LogP contribution in [-0.2, 0) is 19.1 Å². The summed E-state index contributed by atoms with van der Waals surface area (Å²) in [5.74, 6) is -1.01. The Labute approximate surface area is 162 Å². The molecule has 6 nitrogen and oxygen atoms in total. The van der Waals surface area contributed by atoms with Crippen molar-refractivity contribution in [2.75, 3.05) is 6.61 Å². The zero-order valence-electron chi connectivity index (χ0n) is 15.5. The summed E-state index contributed by atoms with van der Waals surface area (Å²) in [5.41, 5.74) is 0.448. The quantitative estimate of drug-likeness (QED) is 0.338. The molecule has 1 aromatic carbocycles. The maximum atomic E-state index is 13.0. The lowest BCUT2D eigenvalue weighted by Crippen LogP contribution is -2.45. The maximum Gasteiger partial charge on any atom is 0.329 e. The van der Waals surface area contributed by atoms with E-state index in [4.69, 9.17) is 4.74 Å². The molecule has 1 aromatic rings. The SMILES string of the molecule is C[C@H](C(=O)OCC(=O)c1ccccc1)N1C(=O)[C@@H]2[C@H]3C=C[C@@H]([C@@H]4C[C@@H]34)[C@@H]2C1=O. The highest BCUT2D eigenvalue weighted by molar-refractivity contribution is 6.09. The molecule has 1 aliphatic heterocycles. The smallest absolute Gasteiger partial charge is 0.329 e. The lowest BCUT2D eigenvalue weighted by atomic mass is 9.63. The number of amides is 2. The molecule has 1 heterocycles. The van der Waals surface area contributed by atoms with Gasteiger partial charge in [-0.15, -0.1) is 0 Å². The van der Waals surface area contributed by atoms with E-state index in [0.29, 0.717) is 17.4 Å². The fourth-order valence-corrected chi connectivity index (χ4v) is 5.43. The fourth-order valence-electron chi connectivity index (χ4n) is 5.43. The van der Waals surface area contributed by atoms with Crippen LogP contribution in [0.4, 0.5) is 0 Å². The Kier molecular flexibility index (Phi) is 3.79. The van der Waals surface area contributed by atoms with Gasteiger partial charge >= 0.3 is 5.97 Å². The summed E-state index contributed by atoms with van der Waals surface area (Å²) in [7, 11) is 0. The number of benzene rings is 1. The van der Waals surface area contributed by atoms with E-state index in [2.05, 4.69) is 12.2 Å². The van der Waals surface area contributed by atoms with Crippen LogP contribution in [0, 0.1) is 35.5 Å². The van der Waals surface area contributed by atoms with Crippen molar-refractivity contribution >= 4 is 23.6 Å². The van der Waals surface area contributed by atoms with E-state index in [1.54, 1.807) is 30.3 Å². The minimum Gasteiger partial charge on any atom is -0.456 e. The Bertz CT molecular complexity index is 871. The van der Waals surface area contributed by atoms with Crippen molar-refractivity contribution in [2.45, 2.75) is 19.4 Å². The second kappa shape index (κ2) is 6.12. The van der Waals surface area contributed by atoms with Crippen molar-refractivity contribution in [1.29, 1.82) is 0 Å². The Morgan fingerprint density at radius 1 is 1.04 bits per heavy atom. The van der Waals surface area contributed by atoms with E-state index in [1.807, 2.05) is 0 Å². The second-order valence-corrected chi connectivity index (χ2v) is 8.27. The zero-order chi connectivity index (χ0) is 19.6. The molecule has 5 aliphatic rings. The first-order valence-corrected chi connectivity index (χ1v) is 9.79. The molecule has 0 N–H and O–H groups in total. The topological polar surface area (TPSA) is 80.8 Å². The van der Waals surface area contributed by atoms with E-state index in [-0.39, 0.29) is 41.3 Å². The second-order valence-electron chi connectivity index (χ2n) is 8.27. The molecule has 3 fully saturated rings. The van der Waals surface area contributed by atoms with Crippen molar-refractivity contribution in [3.05, 3.63) is 48.0 Å². The molecule has 2 amide bonds. The number of hydrogen-bond acceptors (Lipinski definition) is 5. The van der Waals surface area contributed by atoms with Crippen LogP contribution in [-0.4, -0.2) is 41.1 Å². The number of allylic oxidation sites excluding steroid dienone is 2. The third-order valence-electron chi connectivity index (χ3n) is 6.87. The molecule has 4 aliphatic carbocycles. The van der Waals surface area contributed by atoms with Gasteiger partial charge in [-0.05, 0) is 37.0 Å². The van der Waals surface area contributed by atoms with Crippen LogP contribution in [0.3, 0.4) is 0 Å². The van der Waals surface area contributed by atoms with Crippen molar-refractivity contribution in [3.8, 4) is 0 Å². The number of esters is 1. The average Bonchev–Trinajstić information content (AvgIpc) is 3.50. The van der Waals surface area contributed by atoms with Gasteiger partial charge in [-0.1, -0.05) is 42.5 Å². The fraction of sp³-hybridized carbons (Fsp3) is 0.455. The Morgan fingerprint density at radius 3 is 2.18 bits per heavy atom. The largest absolute Gasteiger partial charge is 0.456 e. The summed E-state index contributed by atoms with van der Waals surface area (Å²) in [6.45, 7) is 1.09. The number of ketones is 1. The number of rotatable bonds is 5. The van der Waals surface area contributed by atoms with E-state index in [0.717, 1.165) is 11.3 Å². The highest BCUT2D eigenvalue weighted by Gasteiger charge is 2.67. The normalized spacial score (nSPS) is 35.4. The number of carbonyl (C=O) groups is 4. The van der Waals surface area contributed by atoms with E-state index in [1.165, 1.54) is 6.92 Å². The molecule has 28 heavy (non-hydrogen) atoms. The number of imide groups is 1. The van der Waals surface area contributed by atoms with Crippen LogP contribution in [0.25, 0.3) is 0 Å². The van der Waals surface area contributed by atoms with Gasteiger partial charge < -0.3 is 4.74 Å². The third-order valence-corrected chi connectivity index (χ3v) is 6.87. The molecule has 0 radical (unpaired) electrons. The summed E-state index contributed by atoms with van der Waals surface area (Å²) >= 11 is 0. The molecule has 2 saturated carbocycles. The number of nitrogens with zero attached hydrogens (tertiary/aromatic N) is 1. The van der Waals surface area contributed by atoms with Gasteiger partial charge in [0.25, 0.3) is 0 Å². The van der Waals surface area contributed by atoms with Crippen molar-refractivity contribution in [1.82, 2.24) is 4.90 Å². The molecule has 144 valence electrons. The Morgan fingerprint density at radius 2 is 1.61 bits per heavy atom. The van der Waals surface area contributed by atoms with E-state index < -0.39 is 18.6 Å². The minimum absolute atomic E-state index is 0.115. The minimum atomic E-state index is -1.02. The summed E-state index contributed by atoms with van der Waals surface area (Å²) < 4.78 is 5.13. The molecule has 2 bridgehead atoms. The molecular weight excluding hydrogens is 358 g/mol. The first-order chi connectivity index (χ1) is 13.5. The van der Waals surface area contributed by atoms with Crippen LogP contribution >= 0.6 is 0 Å². The lowest BCUT2D eigenvalue weighted by Gasteiger charge is -2.37. The standard InChI is InChI=1S/C22H21NO5/c1-11(22(27)28-10-17(24)12-5-3-2-4-6-12)23-20(25)18-13-7-8-14(16-9-15(13)16)19(18)21(23)26/h2-8,11,13-16,18-19H,9-10H2,1H3/t11-,13+,14+,15+,16+,18-,19+/m1/s1. The van der Waals surface area contributed by atoms with Gasteiger partial charge in [0.2, 0.25) is 11.8 Å². The van der Waals surface area contributed by atoms with Gasteiger partial charge in [-0.3, -0.25) is 19.3 Å². The van der Waals surface area contributed by atoms with Crippen LogP contribution < -0.4 is 0 Å². The van der Waals surface area contributed by atoms with Crippen molar-refractivity contribution < 1.29 is 23.9 Å². The molecule has 7 atom stereocenters. The first-order valence-electron chi connectivity index (χ1n) is 9.79. The van der Waals surface area contributed by atoms with Crippen LogP contribution in [0.2, 0.25) is 0 Å². The van der Waals surface area contributed by atoms with Gasteiger partial charge in [0, 0.05) is 5.56 Å². The average molecular weight is 379 g/mol. The van der Waals surface area contributed by atoms with E-state index >= 15 is 0 Å². The summed E-state index contributed by atoms with van der Waals surface area (Å²) in [6, 6.07) is 7.52. The summed E-state index contributed by atoms with van der Waals surface area (Å²) in [6.07, 6.45) is 5.28. The van der Waals surface area contributed by atoms with Crippen LogP contribution in [0.5, 0.6) is 0 Å². The predicted molar refractivity (Wildman–Crippen MR) is 97.7 cm³/mol. The van der Waals surface area contributed by atoms with Gasteiger partial charge in [0.15, 0.2) is 12.4 Å². The van der Waals surface area contributed by atoms with Crippen molar-refractivity contribution in [3.63, 3.8) is 0 Å². The molecular formula is C22H21NO5. The molecule has 0 spiro atoms. The maximum absolute atomic E-state index is 13.0. The summed E-state index contributed by atoms with van der Waals surface area (Å²) in [4.78, 5) is 51.7. The van der Waals surface area contributed by atoms with Gasteiger partial charge in [-0.25, -0.2) is 4.79 Å². The highest BCUT2D eigenvalue weighted by atomic mass is 16.5. The predicted octanol–water partition coefficient (Wildman–Crippen LogP) is 1.85. The highest BCUT2D eigenvalue weighted by Crippen LogP contribution is 2.65.